The molecular weight excluding hydrogens is 336 g/mol. The molecular formula is C20H25ClN2O2. The summed E-state index contributed by atoms with van der Waals surface area (Å²) in [4.78, 5) is 17.3. The summed E-state index contributed by atoms with van der Waals surface area (Å²) in [7, 11) is 0. The fourth-order valence-corrected chi connectivity index (χ4v) is 4.81. The van der Waals surface area contributed by atoms with Gasteiger partial charge in [-0.1, -0.05) is 37.3 Å². The molecule has 2 heterocycles. The van der Waals surface area contributed by atoms with Crippen molar-refractivity contribution in [3.63, 3.8) is 0 Å². The number of carbonyl (C=O) groups excluding carboxylic acids is 1. The molecule has 0 saturated heterocycles. The third kappa shape index (κ3) is 2.96. The number of fused-ring (bicyclic) bond motifs is 3. The Morgan fingerprint density at radius 2 is 2.16 bits per heavy atom. The van der Waals surface area contributed by atoms with Gasteiger partial charge >= 0.3 is 0 Å². The molecule has 4 nitrogen and oxygen atoms in total. The van der Waals surface area contributed by atoms with Crippen molar-refractivity contribution in [1.29, 1.82) is 0 Å². The van der Waals surface area contributed by atoms with E-state index >= 15 is 0 Å². The summed E-state index contributed by atoms with van der Waals surface area (Å²) in [5.41, 5.74) is 5.96. The van der Waals surface area contributed by atoms with Crippen LogP contribution in [-0.4, -0.2) is 34.0 Å². The molecule has 2 N–H and O–H groups in total. The highest BCUT2D eigenvalue weighted by atomic mass is 35.5. The second-order valence-electron chi connectivity index (χ2n) is 7.55. The minimum absolute atomic E-state index is 0.192. The number of nitrogens with zero attached hydrogens (tertiary/aromatic N) is 1. The van der Waals surface area contributed by atoms with Crippen LogP contribution in [0.5, 0.6) is 0 Å². The number of aryl methyl sites for hydroxylation is 1. The predicted molar refractivity (Wildman–Crippen MR) is 99.9 cm³/mol. The van der Waals surface area contributed by atoms with Crippen LogP contribution in [-0.2, 0) is 24.2 Å². The molecule has 134 valence electrons. The molecule has 25 heavy (non-hydrogen) atoms. The zero-order chi connectivity index (χ0) is 17.6. The van der Waals surface area contributed by atoms with Gasteiger partial charge in [-0.15, -0.1) is 0 Å². The van der Waals surface area contributed by atoms with Gasteiger partial charge in [0.1, 0.15) is 6.61 Å². The Labute approximate surface area is 153 Å². The predicted octanol–water partition coefficient (Wildman–Crippen LogP) is 3.74. The van der Waals surface area contributed by atoms with Crippen LogP contribution in [0.2, 0.25) is 5.02 Å². The number of aromatic nitrogens is 1. The lowest BCUT2D eigenvalue weighted by Crippen LogP contribution is -2.37. The highest BCUT2D eigenvalue weighted by Crippen LogP contribution is 2.38. The number of aromatic amines is 1. The molecule has 1 aliphatic carbocycles. The topological polar surface area (TPSA) is 56.3 Å². The smallest absolute Gasteiger partial charge is 0.248 e. The maximum absolute atomic E-state index is 12.0. The number of aliphatic hydroxyl groups excluding tert-OH is 1. The molecule has 5 heteroatoms. The van der Waals surface area contributed by atoms with Gasteiger partial charge in [-0.2, -0.15) is 0 Å². The van der Waals surface area contributed by atoms with Crippen molar-refractivity contribution in [2.45, 2.75) is 52.0 Å². The quantitative estimate of drug-likeness (QED) is 0.876. The summed E-state index contributed by atoms with van der Waals surface area (Å²) < 4.78 is 0. The molecule has 1 fully saturated rings. The zero-order valence-electron chi connectivity index (χ0n) is 14.7. The van der Waals surface area contributed by atoms with Gasteiger partial charge < -0.3 is 15.0 Å². The Kier molecular flexibility index (Phi) is 4.50. The highest BCUT2D eigenvalue weighted by Gasteiger charge is 2.27. The number of nitrogens with one attached hydrogen (secondary N) is 1. The second-order valence-corrected chi connectivity index (χ2v) is 7.96. The van der Waals surface area contributed by atoms with E-state index in [0.29, 0.717) is 13.1 Å². The van der Waals surface area contributed by atoms with Crippen LogP contribution in [0, 0.1) is 12.8 Å². The number of H-pyrrole nitrogens is 1. The van der Waals surface area contributed by atoms with E-state index in [0.717, 1.165) is 34.9 Å². The summed E-state index contributed by atoms with van der Waals surface area (Å²) in [5.74, 6) is 0.550. The van der Waals surface area contributed by atoms with Crippen molar-refractivity contribution in [1.82, 2.24) is 9.88 Å². The van der Waals surface area contributed by atoms with E-state index in [1.807, 2.05) is 0 Å². The van der Waals surface area contributed by atoms with Crippen molar-refractivity contribution in [2.75, 3.05) is 13.2 Å². The van der Waals surface area contributed by atoms with Crippen molar-refractivity contribution in [3.8, 4) is 0 Å². The molecule has 0 spiro atoms. The second kappa shape index (κ2) is 6.65. The first kappa shape index (κ1) is 16.9. The third-order valence-corrected chi connectivity index (χ3v) is 6.39. The monoisotopic (exact) mass is 360 g/mol. The lowest BCUT2D eigenvalue weighted by molar-refractivity contribution is -0.135. The fourth-order valence-electron chi connectivity index (χ4n) is 4.58. The van der Waals surface area contributed by atoms with Crippen LogP contribution in [0.3, 0.4) is 0 Å². The van der Waals surface area contributed by atoms with Gasteiger partial charge in [0, 0.05) is 41.2 Å². The molecule has 1 aromatic carbocycles. The van der Waals surface area contributed by atoms with E-state index < -0.39 is 6.61 Å². The minimum atomic E-state index is -0.419. The molecule has 0 bridgehead atoms. The molecule has 2 aliphatic rings. The summed E-state index contributed by atoms with van der Waals surface area (Å²) in [5, 5.41) is 11.3. The van der Waals surface area contributed by atoms with Gasteiger partial charge in [-0.25, -0.2) is 0 Å². The molecule has 1 aromatic heterocycles. The third-order valence-electron chi connectivity index (χ3n) is 6.00. The molecule has 1 amide bonds. The van der Waals surface area contributed by atoms with Gasteiger partial charge in [-0.3, -0.25) is 4.79 Å². The Morgan fingerprint density at radius 1 is 1.40 bits per heavy atom. The number of hydrogen-bond acceptors (Lipinski definition) is 2. The summed E-state index contributed by atoms with van der Waals surface area (Å²) in [6, 6.07) is 2.14. The fraction of sp³-hybridized carbons (Fsp3) is 0.550. The van der Waals surface area contributed by atoms with Crippen LogP contribution >= 0.6 is 11.6 Å². The number of aliphatic hydroxyl groups is 1. The van der Waals surface area contributed by atoms with E-state index in [4.69, 9.17) is 11.6 Å². The zero-order valence-corrected chi connectivity index (χ0v) is 15.5. The Balaban J connectivity index is 1.80. The first-order valence-electron chi connectivity index (χ1n) is 9.28. The lowest BCUT2D eigenvalue weighted by Gasteiger charge is -2.27. The first-order chi connectivity index (χ1) is 12.1. The SMILES string of the molecule is Cc1c(Cl)cc(CC2CCCC2)c2c3c([nH]c12)CCN(C(=O)CO)C3. The molecule has 0 atom stereocenters. The average Bonchev–Trinajstić information content (AvgIpc) is 3.25. The number of carbonyl (C=O) groups is 1. The van der Waals surface area contributed by atoms with E-state index in [2.05, 4.69) is 18.0 Å². The van der Waals surface area contributed by atoms with Crippen LogP contribution < -0.4 is 0 Å². The van der Waals surface area contributed by atoms with E-state index in [1.54, 1.807) is 4.90 Å². The van der Waals surface area contributed by atoms with Crippen molar-refractivity contribution in [3.05, 3.63) is 33.5 Å². The maximum atomic E-state index is 12.0. The van der Waals surface area contributed by atoms with Gasteiger partial charge in [0.15, 0.2) is 0 Å². The van der Waals surface area contributed by atoms with Crippen molar-refractivity contribution < 1.29 is 9.90 Å². The van der Waals surface area contributed by atoms with E-state index in [-0.39, 0.29) is 5.91 Å². The summed E-state index contributed by atoms with van der Waals surface area (Å²) in [6.07, 6.45) is 7.13. The summed E-state index contributed by atoms with van der Waals surface area (Å²) >= 11 is 6.53. The molecule has 0 radical (unpaired) electrons. The van der Waals surface area contributed by atoms with Crippen molar-refractivity contribution in [2.24, 2.45) is 5.92 Å². The number of halogens is 1. The minimum Gasteiger partial charge on any atom is -0.387 e. The van der Waals surface area contributed by atoms with Gasteiger partial charge in [0.25, 0.3) is 0 Å². The lowest BCUT2D eigenvalue weighted by atomic mass is 9.92. The van der Waals surface area contributed by atoms with Gasteiger partial charge in [-0.05, 0) is 36.5 Å². The number of hydrogen-bond donors (Lipinski definition) is 2. The average molecular weight is 361 g/mol. The van der Waals surface area contributed by atoms with E-state index in [9.17, 15) is 9.90 Å². The number of amides is 1. The molecule has 1 saturated carbocycles. The highest BCUT2D eigenvalue weighted by molar-refractivity contribution is 6.32. The van der Waals surface area contributed by atoms with Crippen molar-refractivity contribution >= 4 is 28.4 Å². The number of benzene rings is 1. The molecule has 2 aromatic rings. The molecule has 0 unspecified atom stereocenters. The van der Waals surface area contributed by atoms with Gasteiger partial charge in [0.05, 0.1) is 5.52 Å². The standard InChI is InChI=1S/C20H25ClN2O2/c1-12-16(21)9-14(8-13-4-2-3-5-13)19-15-10-23(18(25)11-24)7-6-17(15)22-20(12)19/h9,13,22,24H,2-8,10-11H2,1H3. The Bertz CT molecular complexity index is 821. The largest absolute Gasteiger partial charge is 0.387 e. The van der Waals surface area contributed by atoms with Crippen LogP contribution in [0.15, 0.2) is 6.07 Å². The normalized spacial score (nSPS) is 18.1. The summed E-state index contributed by atoms with van der Waals surface area (Å²) in [6.45, 7) is 2.87. The number of rotatable bonds is 3. The Hall–Kier alpha value is -1.52. The van der Waals surface area contributed by atoms with Crippen LogP contribution in [0.1, 0.15) is 48.1 Å². The molecule has 1 aliphatic heterocycles. The molecule has 4 rings (SSSR count). The van der Waals surface area contributed by atoms with Crippen LogP contribution in [0.4, 0.5) is 0 Å². The Morgan fingerprint density at radius 3 is 2.88 bits per heavy atom. The van der Waals surface area contributed by atoms with Crippen LogP contribution in [0.25, 0.3) is 10.9 Å². The van der Waals surface area contributed by atoms with E-state index in [1.165, 1.54) is 47.9 Å². The first-order valence-corrected chi connectivity index (χ1v) is 9.66. The maximum Gasteiger partial charge on any atom is 0.248 e. The van der Waals surface area contributed by atoms with Gasteiger partial charge in [0.2, 0.25) is 5.91 Å².